The number of aromatic nitrogens is 2. The van der Waals surface area contributed by atoms with Gasteiger partial charge in [0.15, 0.2) is 5.82 Å². The standard InChI is InChI=1S/C20H22N4O2S/c25-18(26)8-15-13-2-3-14(15)11-24(10-13)9-12-1-4-17-16(7-12)23-19-20(27-17)22-6-5-21-19/h1,4-7,13-15H,2-3,8-11H2,(H,21,23)(H,25,26). The van der Waals surface area contributed by atoms with E-state index in [0.29, 0.717) is 24.2 Å². The lowest BCUT2D eigenvalue weighted by molar-refractivity contribution is -0.139. The van der Waals surface area contributed by atoms with E-state index in [0.717, 1.165) is 36.2 Å². The van der Waals surface area contributed by atoms with Crippen LogP contribution < -0.4 is 5.32 Å². The molecular weight excluding hydrogens is 360 g/mol. The van der Waals surface area contributed by atoms with Crippen molar-refractivity contribution in [2.24, 2.45) is 17.8 Å². The van der Waals surface area contributed by atoms with Gasteiger partial charge in [0, 0.05) is 43.3 Å². The highest BCUT2D eigenvalue weighted by atomic mass is 32.2. The Kier molecular flexibility index (Phi) is 4.28. The molecule has 0 radical (unpaired) electrons. The summed E-state index contributed by atoms with van der Waals surface area (Å²) in [7, 11) is 0. The van der Waals surface area contributed by atoms with E-state index >= 15 is 0 Å². The van der Waals surface area contributed by atoms with Gasteiger partial charge in [-0.25, -0.2) is 9.97 Å². The van der Waals surface area contributed by atoms with Gasteiger partial charge in [0.1, 0.15) is 5.03 Å². The Morgan fingerprint density at radius 2 is 2.00 bits per heavy atom. The number of likely N-dealkylation sites (tertiary alicyclic amines) is 1. The molecule has 1 saturated carbocycles. The molecule has 5 rings (SSSR count). The molecule has 2 N–H and O–H groups in total. The zero-order valence-electron chi connectivity index (χ0n) is 15.0. The van der Waals surface area contributed by atoms with E-state index in [-0.39, 0.29) is 0 Å². The molecule has 0 spiro atoms. The number of piperidine rings is 1. The summed E-state index contributed by atoms with van der Waals surface area (Å²) in [5, 5.41) is 13.5. The average Bonchev–Trinajstić information content (AvgIpc) is 2.88. The maximum atomic E-state index is 11.2. The summed E-state index contributed by atoms with van der Waals surface area (Å²) >= 11 is 1.65. The van der Waals surface area contributed by atoms with Gasteiger partial charge in [-0.15, -0.1) is 0 Å². The van der Waals surface area contributed by atoms with Gasteiger partial charge in [0.2, 0.25) is 0 Å². The van der Waals surface area contributed by atoms with E-state index in [4.69, 9.17) is 0 Å². The van der Waals surface area contributed by atoms with Crippen LogP contribution in [0, 0.1) is 17.8 Å². The number of aliphatic carboxylic acids is 1. The first kappa shape index (κ1) is 17.0. The molecule has 3 heterocycles. The first-order chi connectivity index (χ1) is 13.2. The number of hydrogen-bond acceptors (Lipinski definition) is 6. The first-order valence-electron chi connectivity index (χ1n) is 9.48. The minimum atomic E-state index is -0.646. The Morgan fingerprint density at radius 1 is 1.22 bits per heavy atom. The number of hydrogen-bond donors (Lipinski definition) is 2. The fourth-order valence-corrected chi connectivity index (χ4v) is 5.81. The lowest BCUT2D eigenvalue weighted by atomic mass is 9.82. The van der Waals surface area contributed by atoms with Crippen molar-refractivity contribution in [3.63, 3.8) is 0 Å². The fraction of sp³-hybridized carbons (Fsp3) is 0.450. The summed E-state index contributed by atoms with van der Waals surface area (Å²) in [6.45, 7) is 2.95. The number of carboxylic acid groups (broad SMARTS) is 1. The second kappa shape index (κ2) is 6.80. The summed E-state index contributed by atoms with van der Waals surface area (Å²) < 4.78 is 0. The number of carboxylic acids is 1. The van der Waals surface area contributed by atoms with Crippen LogP contribution in [0.25, 0.3) is 0 Å². The molecular formula is C20H22N4O2S. The number of rotatable bonds is 4. The lowest BCUT2D eigenvalue weighted by Gasteiger charge is -2.37. The number of anilines is 2. The first-order valence-corrected chi connectivity index (χ1v) is 10.3. The van der Waals surface area contributed by atoms with E-state index in [1.165, 1.54) is 23.3 Å². The minimum absolute atomic E-state index is 0.337. The van der Waals surface area contributed by atoms with Gasteiger partial charge in [-0.2, -0.15) is 0 Å². The van der Waals surface area contributed by atoms with Crippen LogP contribution in [0.3, 0.4) is 0 Å². The third-order valence-corrected chi connectivity index (χ3v) is 7.16. The van der Waals surface area contributed by atoms with E-state index < -0.39 is 5.97 Å². The predicted octanol–water partition coefficient (Wildman–Crippen LogP) is 3.62. The van der Waals surface area contributed by atoms with Crippen molar-refractivity contribution in [3.8, 4) is 0 Å². The van der Waals surface area contributed by atoms with Crippen LogP contribution in [-0.2, 0) is 11.3 Å². The molecule has 2 aromatic rings. The zero-order chi connectivity index (χ0) is 18.4. The second-order valence-corrected chi connectivity index (χ2v) is 8.85. The van der Waals surface area contributed by atoms with Gasteiger partial charge < -0.3 is 10.4 Å². The van der Waals surface area contributed by atoms with Gasteiger partial charge >= 0.3 is 5.97 Å². The van der Waals surface area contributed by atoms with Crippen molar-refractivity contribution in [1.29, 1.82) is 0 Å². The van der Waals surface area contributed by atoms with Gasteiger partial charge in [-0.05, 0) is 48.3 Å². The third kappa shape index (κ3) is 3.30. The predicted molar refractivity (Wildman–Crippen MR) is 103 cm³/mol. The minimum Gasteiger partial charge on any atom is -0.481 e. The molecule has 2 bridgehead atoms. The molecule has 2 aliphatic heterocycles. The largest absolute Gasteiger partial charge is 0.481 e. The fourth-order valence-electron chi connectivity index (χ4n) is 4.93. The van der Waals surface area contributed by atoms with E-state index in [1.54, 1.807) is 24.2 Å². The second-order valence-electron chi connectivity index (χ2n) is 7.82. The number of nitrogens with one attached hydrogen (secondary N) is 1. The van der Waals surface area contributed by atoms with Crippen LogP contribution in [0.2, 0.25) is 0 Å². The maximum Gasteiger partial charge on any atom is 0.303 e. The van der Waals surface area contributed by atoms with E-state index in [2.05, 4.69) is 38.4 Å². The van der Waals surface area contributed by atoms with Gasteiger partial charge in [-0.3, -0.25) is 9.69 Å². The molecule has 2 fully saturated rings. The van der Waals surface area contributed by atoms with Crippen LogP contribution in [0.15, 0.2) is 40.5 Å². The molecule has 2 unspecified atom stereocenters. The highest BCUT2D eigenvalue weighted by Gasteiger charge is 2.42. The molecule has 6 nitrogen and oxygen atoms in total. The number of carbonyl (C=O) groups is 1. The summed E-state index contributed by atoms with van der Waals surface area (Å²) in [6.07, 6.45) is 6.12. The smallest absolute Gasteiger partial charge is 0.303 e. The topological polar surface area (TPSA) is 78.4 Å². The van der Waals surface area contributed by atoms with Crippen LogP contribution >= 0.6 is 11.8 Å². The highest BCUT2D eigenvalue weighted by molar-refractivity contribution is 7.99. The maximum absolute atomic E-state index is 11.2. The van der Waals surface area contributed by atoms with Crippen molar-refractivity contribution in [2.45, 2.75) is 35.7 Å². The molecule has 1 aromatic carbocycles. The van der Waals surface area contributed by atoms with Crippen LogP contribution in [0.4, 0.5) is 11.5 Å². The highest BCUT2D eigenvalue weighted by Crippen LogP contribution is 2.45. The molecule has 0 amide bonds. The zero-order valence-corrected chi connectivity index (χ0v) is 15.8. The quantitative estimate of drug-likeness (QED) is 0.713. The van der Waals surface area contributed by atoms with Crippen LogP contribution in [0.5, 0.6) is 0 Å². The molecule has 1 aromatic heterocycles. The molecule has 2 atom stereocenters. The van der Waals surface area contributed by atoms with Crippen molar-refractivity contribution in [3.05, 3.63) is 36.2 Å². The number of benzene rings is 1. The Labute approximate surface area is 162 Å². The summed E-state index contributed by atoms with van der Waals surface area (Å²) in [6, 6.07) is 6.57. The van der Waals surface area contributed by atoms with E-state index in [1.807, 2.05) is 0 Å². The molecule has 1 aliphatic carbocycles. The molecule has 27 heavy (non-hydrogen) atoms. The Balaban J connectivity index is 1.29. The summed E-state index contributed by atoms with van der Waals surface area (Å²) in [4.78, 5) is 23.6. The molecule has 140 valence electrons. The lowest BCUT2D eigenvalue weighted by Crippen LogP contribution is -2.42. The van der Waals surface area contributed by atoms with Crippen LogP contribution in [0.1, 0.15) is 24.8 Å². The molecule has 7 heteroatoms. The Morgan fingerprint density at radius 3 is 2.78 bits per heavy atom. The summed E-state index contributed by atoms with van der Waals surface area (Å²) in [5.74, 6) is 1.61. The van der Waals surface area contributed by atoms with E-state index in [9.17, 15) is 9.90 Å². The molecule has 1 saturated heterocycles. The normalized spacial score (nSPS) is 26.1. The van der Waals surface area contributed by atoms with Crippen molar-refractivity contribution >= 4 is 29.2 Å². The SMILES string of the molecule is O=C(O)CC1C2CCC1CN(Cc1ccc3c(c1)Nc1nccnc1S3)C2. The van der Waals surface area contributed by atoms with Gasteiger partial charge in [-0.1, -0.05) is 17.8 Å². The summed E-state index contributed by atoms with van der Waals surface area (Å²) in [5.41, 5.74) is 2.37. The van der Waals surface area contributed by atoms with Crippen molar-refractivity contribution in [2.75, 3.05) is 18.4 Å². The van der Waals surface area contributed by atoms with Gasteiger partial charge in [0.25, 0.3) is 0 Å². The molecule has 3 aliphatic rings. The number of fused-ring (bicyclic) bond motifs is 4. The number of nitrogens with zero attached hydrogens (tertiary/aromatic N) is 3. The Bertz CT molecular complexity index is 876. The monoisotopic (exact) mass is 382 g/mol. The van der Waals surface area contributed by atoms with Crippen molar-refractivity contribution < 1.29 is 9.90 Å². The third-order valence-electron chi connectivity index (χ3n) is 6.09. The van der Waals surface area contributed by atoms with Gasteiger partial charge in [0.05, 0.1) is 5.69 Å². The average molecular weight is 382 g/mol. The van der Waals surface area contributed by atoms with Crippen molar-refractivity contribution in [1.82, 2.24) is 14.9 Å². The van der Waals surface area contributed by atoms with Crippen LogP contribution in [-0.4, -0.2) is 39.0 Å². The Hall–Kier alpha value is -2.12.